The van der Waals surface area contributed by atoms with E-state index in [0.717, 1.165) is 17.8 Å². The highest BCUT2D eigenvalue weighted by atomic mass is 79.9. The molecule has 0 aliphatic heterocycles. The number of nitrogens with zero attached hydrogens (tertiary/aromatic N) is 1. The molecule has 2 aromatic rings. The second-order valence-electron chi connectivity index (χ2n) is 4.72. The Bertz CT molecular complexity index is 586. The van der Waals surface area contributed by atoms with Gasteiger partial charge in [0.05, 0.1) is 4.47 Å². The normalized spacial score (nSPS) is 12.4. The Hall–Kier alpha value is -1.26. The minimum Gasteiger partial charge on any atom is -0.310 e. The van der Waals surface area contributed by atoms with Crippen molar-refractivity contribution in [1.29, 1.82) is 0 Å². The SMILES string of the molecule is CCNC(Cc1ncccc1C)c1cccc(Br)c1F. The lowest BCUT2D eigenvalue weighted by atomic mass is 9.99. The summed E-state index contributed by atoms with van der Waals surface area (Å²) in [5, 5.41) is 3.34. The standard InChI is InChI=1S/C16H18BrFN2/c1-3-19-15(10-14-11(2)6-5-9-20-14)12-7-4-8-13(17)16(12)18/h4-9,15,19H,3,10H2,1-2H3. The maximum atomic E-state index is 14.3. The number of aryl methyl sites for hydroxylation is 1. The molecule has 1 aromatic heterocycles. The van der Waals surface area contributed by atoms with Crippen molar-refractivity contribution in [2.45, 2.75) is 26.3 Å². The molecule has 0 bridgehead atoms. The molecule has 2 rings (SSSR count). The fourth-order valence-corrected chi connectivity index (χ4v) is 2.64. The van der Waals surface area contributed by atoms with Crippen molar-refractivity contribution in [2.75, 3.05) is 6.54 Å². The maximum absolute atomic E-state index is 14.3. The Morgan fingerprint density at radius 2 is 2.10 bits per heavy atom. The van der Waals surface area contributed by atoms with E-state index in [0.29, 0.717) is 16.5 Å². The second kappa shape index (κ2) is 6.95. The van der Waals surface area contributed by atoms with Crippen molar-refractivity contribution in [3.63, 3.8) is 0 Å². The van der Waals surface area contributed by atoms with Gasteiger partial charge in [-0.2, -0.15) is 0 Å². The van der Waals surface area contributed by atoms with Crippen LogP contribution in [0.3, 0.4) is 0 Å². The first kappa shape index (κ1) is 15.1. The van der Waals surface area contributed by atoms with E-state index in [-0.39, 0.29) is 11.9 Å². The van der Waals surface area contributed by atoms with Crippen molar-refractivity contribution < 1.29 is 4.39 Å². The van der Waals surface area contributed by atoms with Crippen LogP contribution < -0.4 is 5.32 Å². The number of nitrogens with one attached hydrogen (secondary N) is 1. The van der Waals surface area contributed by atoms with E-state index < -0.39 is 0 Å². The minimum absolute atomic E-state index is 0.0777. The predicted molar refractivity (Wildman–Crippen MR) is 83.2 cm³/mol. The Morgan fingerprint density at radius 1 is 1.30 bits per heavy atom. The summed E-state index contributed by atoms with van der Waals surface area (Å²) in [4.78, 5) is 4.40. The summed E-state index contributed by atoms with van der Waals surface area (Å²) in [5.41, 5.74) is 2.80. The maximum Gasteiger partial charge on any atom is 0.142 e. The molecular formula is C16H18BrFN2. The summed E-state index contributed by atoms with van der Waals surface area (Å²) in [7, 11) is 0. The van der Waals surface area contributed by atoms with Crippen LogP contribution >= 0.6 is 15.9 Å². The van der Waals surface area contributed by atoms with Crippen LogP contribution in [0.5, 0.6) is 0 Å². The third kappa shape index (κ3) is 3.44. The number of halogens is 2. The molecule has 0 aliphatic carbocycles. The van der Waals surface area contributed by atoms with E-state index in [2.05, 4.69) is 26.2 Å². The molecule has 0 saturated carbocycles. The molecule has 4 heteroatoms. The lowest BCUT2D eigenvalue weighted by Gasteiger charge is -2.20. The first-order valence-electron chi connectivity index (χ1n) is 6.71. The van der Waals surface area contributed by atoms with E-state index in [1.54, 1.807) is 12.3 Å². The molecule has 1 atom stereocenters. The third-order valence-corrected chi connectivity index (χ3v) is 3.94. The first-order valence-corrected chi connectivity index (χ1v) is 7.50. The van der Waals surface area contributed by atoms with Crippen LogP contribution in [-0.4, -0.2) is 11.5 Å². The molecule has 1 N–H and O–H groups in total. The van der Waals surface area contributed by atoms with E-state index in [1.807, 2.05) is 38.1 Å². The van der Waals surface area contributed by atoms with Crippen molar-refractivity contribution in [3.05, 3.63) is 63.6 Å². The van der Waals surface area contributed by atoms with E-state index in [9.17, 15) is 4.39 Å². The third-order valence-electron chi connectivity index (χ3n) is 3.32. The number of hydrogen-bond donors (Lipinski definition) is 1. The van der Waals surface area contributed by atoms with Gasteiger partial charge < -0.3 is 5.32 Å². The van der Waals surface area contributed by atoms with Gasteiger partial charge in [-0.15, -0.1) is 0 Å². The fraction of sp³-hybridized carbons (Fsp3) is 0.312. The summed E-state index contributed by atoms with van der Waals surface area (Å²) >= 11 is 3.25. The summed E-state index contributed by atoms with van der Waals surface area (Å²) in [6.07, 6.45) is 2.45. The van der Waals surface area contributed by atoms with Gasteiger partial charge in [0.2, 0.25) is 0 Å². The molecule has 0 aliphatic rings. The van der Waals surface area contributed by atoms with Gasteiger partial charge >= 0.3 is 0 Å². The van der Waals surface area contributed by atoms with Crippen LogP contribution in [0.2, 0.25) is 0 Å². The van der Waals surface area contributed by atoms with Crippen molar-refractivity contribution in [2.24, 2.45) is 0 Å². The Labute approximate surface area is 127 Å². The number of aromatic nitrogens is 1. The van der Waals surface area contributed by atoms with Gasteiger partial charge in [0.1, 0.15) is 5.82 Å². The van der Waals surface area contributed by atoms with Crippen LogP contribution in [0.4, 0.5) is 4.39 Å². The van der Waals surface area contributed by atoms with Crippen LogP contribution in [0.1, 0.15) is 29.8 Å². The van der Waals surface area contributed by atoms with Crippen molar-refractivity contribution in [3.8, 4) is 0 Å². The largest absolute Gasteiger partial charge is 0.310 e. The highest BCUT2D eigenvalue weighted by molar-refractivity contribution is 9.10. The van der Waals surface area contributed by atoms with Gasteiger partial charge in [0.15, 0.2) is 0 Å². The fourth-order valence-electron chi connectivity index (χ4n) is 2.25. The van der Waals surface area contributed by atoms with Crippen molar-refractivity contribution in [1.82, 2.24) is 10.3 Å². The van der Waals surface area contributed by atoms with Crippen LogP contribution in [-0.2, 0) is 6.42 Å². The van der Waals surface area contributed by atoms with E-state index in [1.165, 1.54) is 0 Å². The lowest BCUT2D eigenvalue weighted by molar-refractivity contribution is 0.503. The van der Waals surface area contributed by atoms with Crippen LogP contribution in [0.15, 0.2) is 41.0 Å². The zero-order valence-corrected chi connectivity index (χ0v) is 13.2. The first-order chi connectivity index (χ1) is 9.63. The van der Waals surface area contributed by atoms with Gasteiger partial charge in [0.25, 0.3) is 0 Å². The van der Waals surface area contributed by atoms with Crippen LogP contribution in [0.25, 0.3) is 0 Å². The molecular weight excluding hydrogens is 319 g/mol. The van der Waals surface area contributed by atoms with E-state index >= 15 is 0 Å². The van der Waals surface area contributed by atoms with Gasteiger partial charge in [-0.3, -0.25) is 4.98 Å². The highest BCUT2D eigenvalue weighted by Gasteiger charge is 2.18. The lowest BCUT2D eigenvalue weighted by Crippen LogP contribution is -2.24. The minimum atomic E-state index is -0.202. The Balaban J connectivity index is 2.32. The summed E-state index contributed by atoms with van der Waals surface area (Å²) in [6.45, 7) is 4.83. The molecule has 1 aromatic carbocycles. The molecule has 0 spiro atoms. The molecule has 1 unspecified atom stereocenters. The smallest absolute Gasteiger partial charge is 0.142 e. The van der Waals surface area contributed by atoms with Gasteiger partial charge in [-0.1, -0.05) is 25.1 Å². The number of benzene rings is 1. The molecule has 106 valence electrons. The van der Waals surface area contributed by atoms with Gasteiger partial charge in [-0.05, 0) is 47.1 Å². The average Bonchev–Trinajstić information content (AvgIpc) is 2.44. The molecule has 0 saturated heterocycles. The number of likely N-dealkylation sites (N-methyl/N-ethyl adjacent to an activating group) is 1. The summed E-state index contributed by atoms with van der Waals surface area (Å²) in [5.74, 6) is -0.202. The second-order valence-corrected chi connectivity index (χ2v) is 5.58. The molecule has 20 heavy (non-hydrogen) atoms. The number of hydrogen-bond acceptors (Lipinski definition) is 2. The van der Waals surface area contributed by atoms with Gasteiger partial charge in [-0.25, -0.2) is 4.39 Å². The zero-order valence-electron chi connectivity index (χ0n) is 11.7. The van der Waals surface area contributed by atoms with Crippen LogP contribution in [0, 0.1) is 12.7 Å². The quantitative estimate of drug-likeness (QED) is 0.885. The Morgan fingerprint density at radius 3 is 2.80 bits per heavy atom. The zero-order chi connectivity index (χ0) is 14.5. The summed E-state index contributed by atoms with van der Waals surface area (Å²) in [6, 6.07) is 9.27. The topological polar surface area (TPSA) is 24.9 Å². The number of rotatable bonds is 5. The molecule has 1 heterocycles. The molecule has 0 radical (unpaired) electrons. The predicted octanol–water partition coefficient (Wildman–Crippen LogP) is 4.18. The molecule has 0 amide bonds. The molecule has 0 fully saturated rings. The summed E-state index contributed by atoms with van der Waals surface area (Å²) < 4.78 is 14.8. The highest BCUT2D eigenvalue weighted by Crippen LogP contribution is 2.26. The van der Waals surface area contributed by atoms with Crippen molar-refractivity contribution >= 4 is 15.9 Å². The van der Waals surface area contributed by atoms with E-state index in [4.69, 9.17) is 0 Å². The molecule has 2 nitrogen and oxygen atoms in total. The van der Waals surface area contributed by atoms with Gasteiger partial charge in [0, 0.05) is 29.9 Å². The monoisotopic (exact) mass is 336 g/mol. The Kier molecular flexibility index (Phi) is 5.26. The average molecular weight is 337 g/mol. The number of pyridine rings is 1.